The van der Waals surface area contributed by atoms with E-state index in [-0.39, 0.29) is 0 Å². The summed E-state index contributed by atoms with van der Waals surface area (Å²) in [6, 6.07) is 0. The molecule has 0 spiro atoms. The lowest BCUT2D eigenvalue weighted by Crippen LogP contribution is -2.37. The number of fused-ring (bicyclic) bond motifs is 1. The van der Waals surface area contributed by atoms with Crippen LogP contribution in [0.4, 0.5) is 0 Å². The molecular weight excluding hydrogens is 458 g/mol. The van der Waals surface area contributed by atoms with Crippen molar-refractivity contribution in [2.45, 2.75) is 12.7 Å². The van der Waals surface area contributed by atoms with Crippen LogP contribution in [0.1, 0.15) is 17.2 Å². The van der Waals surface area contributed by atoms with Crippen LogP contribution in [0.2, 0.25) is 0 Å². The monoisotopic (exact) mass is 485 g/mol. The number of imidazole rings is 2. The van der Waals surface area contributed by atoms with E-state index in [4.69, 9.17) is 5.26 Å². The van der Waals surface area contributed by atoms with Gasteiger partial charge in [-0.15, -0.1) is 0 Å². The molecule has 0 aromatic carbocycles. The first-order valence-corrected chi connectivity index (χ1v) is 11.6. The van der Waals surface area contributed by atoms with Crippen molar-refractivity contribution in [1.82, 2.24) is 39.3 Å². The standard InChI is InChI=1S/C20H27N11O2S/c1-13-14(27-12-26-13)10-34-8-7-24-19(25-11-21)23-6-5-22-9-15-28-17-16(29(15)2)18(32)31(4)20(33)30(17)3/h9,12H,5-8,10H2,1-4H3,(H,26,27)(H2,23,24,25). The Morgan fingerprint density at radius 2 is 2.06 bits per heavy atom. The summed E-state index contributed by atoms with van der Waals surface area (Å²) in [5.74, 6) is 2.44. The van der Waals surface area contributed by atoms with E-state index in [1.54, 1.807) is 43.0 Å². The molecule has 0 atom stereocenters. The van der Waals surface area contributed by atoms with Gasteiger partial charge in [-0.2, -0.15) is 17.0 Å². The Hall–Kier alpha value is -3.86. The molecule has 180 valence electrons. The molecule has 14 heteroatoms. The largest absolute Gasteiger partial charge is 0.354 e. The van der Waals surface area contributed by atoms with Crippen LogP contribution < -0.4 is 21.9 Å². The molecule has 0 saturated carbocycles. The third-order valence-corrected chi connectivity index (χ3v) is 6.05. The van der Waals surface area contributed by atoms with Crippen LogP contribution >= 0.6 is 11.8 Å². The maximum Gasteiger partial charge on any atom is 0.332 e. The number of H-pyrrole nitrogens is 1. The van der Waals surface area contributed by atoms with Crippen LogP contribution in [0.25, 0.3) is 11.2 Å². The van der Waals surface area contributed by atoms with Crippen LogP contribution in [-0.4, -0.2) is 66.2 Å². The van der Waals surface area contributed by atoms with Crippen molar-refractivity contribution in [3.63, 3.8) is 0 Å². The number of thioether (sulfide) groups is 1. The zero-order chi connectivity index (χ0) is 24.7. The molecule has 0 aliphatic carbocycles. The topological polar surface area (TPSA) is 163 Å². The Morgan fingerprint density at radius 1 is 1.26 bits per heavy atom. The van der Waals surface area contributed by atoms with E-state index in [1.165, 1.54) is 11.6 Å². The maximum absolute atomic E-state index is 12.4. The molecule has 0 aliphatic rings. The summed E-state index contributed by atoms with van der Waals surface area (Å²) in [4.78, 5) is 44.9. The Morgan fingerprint density at radius 3 is 2.76 bits per heavy atom. The van der Waals surface area contributed by atoms with Gasteiger partial charge in [0.1, 0.15) is 0 Å². The predicted molar refractivity (Wildman–Crippen MR) is 132 cm³/mol. The first-order valence-electron chi connectivity index (χ1n) is 10.5. The Balaban J connectivity index is 1.52. The molecule has 0 aliphatic heterocycles. The van der Waals surface area contributed by atoms with Crippen molar-refractivity contribution in [2.24, 2.45) is 31.1 Å². The average molecular weight is 486 g/mol. The number of hydrogen-bond donors (Lipinski definition) is 3. The molecule has 34 heavy (non-hydrogen) atoms. The number of guanidine groups is 1. The van der Waals surface area contributed by atoms with E-state index < -0.39 is 11.2 Å². The van der Waals surface area contributed by atoms with Crippen LogP contribution in [0.3, 0.4) is 0 Å². The molecule has 0 fully saturated rings. The molecule has 3 rings (SSSR count). The number of aliphatic imine (C=N–C) groups is 2. The van der Waals surface area contributed by atoms with Gasteiger partial charge < -0.3 is 14.9 Å². The zero-order valence-corrected chi connectivity index (χ0v) is 20.3. The lowest BCUT2D eigenvalue weighted by atomic mass is 10.4. The fourth-order valence-electron chi connectivity index (χ4n) is 3.15. The molecule has 3 heterocycles. The van der Waals surface area contributed by atoms with Crippen molar-refractivity contribution in [2.75, 3.05) is 25.4 Å². The Labute approximate surface area is 199 Å². The summed E-state index contributed by atoms with van der Waals surface area (Å²) in [5.41, 5.74) is 1.89. The third-order valence-electron chi connectivity index (χ3n) is 5.10. The van der Waals surface area contributed by atoms with Crippen molar-refractivity contribution in [1.29, 1.82) is 5.26 Å². The molecular formula is C20H27N11O2S. The molecule has 3 aromatic heterocycles. The van der Waals surface area contributed by atoms with Crippen molar-refractivity contribution in [3.05, 3.63) is 44.4 Å². The first-order chi connectivity index (χ1) is 16.3. The van der Waals surface area contributed by atoms with E-state index in [1.807, 2.05) is 13.1 Å². The number of aromatic nitrogens is 6. The van der Waals surface area contributed by atoms with Crippen LogP contribution in [0, 0.1) is 18.4 Å². The Kier molecular flexibility index (Phi) is 8.25. The summed E-state index contributed by atoms with van der Waals surface area (Å²) in [5, 5.41) is 14.5. The van der Waals surface area contributed by atoms with Crippen LogP contribution in [-0.2, 0) is 26.9 Å². The normalized spacial score (nSPS) is 11.9. The summed E-state index contributed by atoms with van der Waals surface area (Å²) in [6.45, 7) is 3.36. The third kappa shape index (κ3) is 5.54. The van der Waals surface area contributed by atoms with Gasteiger partial charge in [-0.1, -0.05) is 0 Å². The smallest absolute Gasteiger partial charge is 0.332 e. The lowest BCUT2D eigenvalue weighted by Gasteiger charge is -2.06. The maximum atomic E-state index is 12.4. The van der Waals surface area contributed by atoms with Gasteiger partial charge in [0.2, 0.25) is 5.96 Å². The van der Waals surface area contributed by atoms with E-state index in [0.29, 0.717) is 42.6 Å². The number of aromatic amines is 1. The highest BCUT2D eigenvalue weighted by Gasteiger charge is 2.15. The van der Waals surface area contributed by atoms with Gasteiger partial charge in [0.15, 0.2) is 23.2 Å². The quantitative estimate of drug-likeness (QED) is 0.119. The number of aryl methyl sites for hydroxylation is 3. The Bertz CT molecular complexity index is 1370. The number of nitrogens with zero attached hydrogens (tertiary/aromatic N) is 8. The number of nitrogens with one attached hydrogen (secondary N) is 3. The molecule has 0 unspecified atom stereocenters. The molecule has 3 aromatic rings. The molecule has 0 saturated heterocycles. The van der Waals surface area contributed by atoms with Gasteiger partial charge in [0.25, 0.3) is 5.56 Å². The predicted octanol–water partition coefficient (Wildman–Crippen LogP) is -0.629. The fraction of sp³-hybridized carbons (Fsp3) is 0.450. The molecule has 3 N–H and O–H groups in total. The summed E-state index contributed by atoms with van der Waals surface area (Å²) >= 11 is 1.72. The summed E-state index contributed by atoms with van der Waals surface area (Å²) in [7, 11) is 4.71. The average Bonchev–Trinajstić information content (AvgIpc) is 3.38. The van der Waals surface area contributed by atoms with Gasteiger partial charge in [-0.05, 0) is 6.92 Å². The number of rotatable bonds is 9. The minimum Gasteiger partial charge on any atom is -0.354 e. The van der Waals surface area contributed by atoms with E-state index >= 15 is 0 Å². The minimum atomic E-state index is -0.435. The van der Waals surface area contributed by atoms with Crippen molar-refractivity contribution >= 4 is 35.1 Å². The fourth-order valence-corrected chi connectivity index (χ4v) is 4.00. The van der Waals surface area contributed by atoms with Gasteiger partial charge in [-0.3, -0.25) is 29.2 Å². The molecule has 0 amide bonds. The van der Waals surface area contributed by atoms with E-state index in [9.17, 15) is 9.59 Å². The summed E-state index contributed by atoms with van der Waals surface area (Å²) < 4.78 is 4.00. The second-order valence-corrected chi connectivity index (χ2v) is 8.47. The van der Waals surface area contributed by atoms with Crippen molar-refractivity contribution in [3.8, 4) is 6.19 Å². The van der Waals surface area contributed by atoms with Gasteiger partial charge in [-0.25, -0.2) is 14.8 Å². The number of nitriles is 1. The minimum absolute atomic E-state index is 0.308. The second-order valence-electron chi connectivity index (χ2n) is 7.36. The van der Waals surface area contributed by atoms with E-state index in [2.05, 4.69) is 35.6 Å². The number of hydrogen-bond acceptors (Lipinski definition) is 8. The van der Waals surface area contributed by atoms with Gasteiger partial charge in [0.05, 0.1) is 31.3 Å². The molecule has 0 radical (unpaired) electrons. The lowest BCUT2D eigenvalue weighted by molar-refractivity contribution is 0.705. The molecule has 0 bridgehead atoms. The van der Waals surface area contributed by atoms with Crippen molar-refractivity contribution < 1.29 is 0 Å². The zero-order valence-electron chi connectivity index (χ0n) is 19.5. The van der Waals surface area contributed by atoms with E-state index in [0.717, 1.165) is 27.5 Å². The first kappa shape index (κ1) is 24.8. The second kappa shape index (κ2) is 11.3. The van der Waals surface area contributed by atoms with Crippen LogP contribution in [0.5, 0.6) is 0 Å². The van der Waals surface area contributed by atoms with Crippen LogP contribution in [0.15, 0.2) is 25.9 Å². The molecule has 13 nitrogen and oxygen atoms in total. The highest BCUT2D eigenvalue weighted by atomic mass is 32.2. The highest BCUT2D eigenvalue weighted by molar-refractivity contribution is 7.98. The summed E-state index contributed by atoms with van der Waals surface area (Å²) in [6.07, 6.45) is 5.11. The van der Waals surface area contributed by atoms with Gasteiger partial charge in [0, 0.05) is 44.9 Å². The SMILES string of the molecule is Cc1[nH]cnc1CSCCN=C(NC#N)NCCN=Cc1nc2c(c(=O)n(C)c(=O)n2C)n1C. The van der Waals surface area contributed by atoms with Gasteiger partial charge >= 0.3 is 5.69 Å². The highest BCUT2D eigenvalue weighted by Crippen LogP contribution is 2.12.